The Morgan fingerprint density at radius 1 is 0.826 bits per heavy atom. The lowest BCUT2D eigenvalue weighted by Crippen LogP contribution is -2.51. The zero-order valence-corrected chi connectivity index (χ0v) is 27.5. The summed E-state index contributed by atoms with van der Waals surface area (Å²) < 4.78 is 40.5. The predicted molar refractivity (Wildman–Crippen MR) is 180 cm³/mol. The van der Waals surface area contributed by atoms with Gasteiger partial charge in [0, 0.05) is 13.1 Å². The molecule has 0 fully saturated rings. The summed E-state index contributed by atoms with van der Waals surface area (Å²) in [6, 6.07) is 28.5. The number of anilines is 1. The molecule has 10 heteroatoms. The van der Waals surface area contributed by atoms with E-state index in [2.05, 4.69) is 5.32 Å². The van der Waals surface area contributed by atoms with Crippen molar-refractivity contribution in [3.8, 4) is 17.2 Å². The van der Waals surface area contributed by atoms with Gasteiger partial charge < -0.3 is 19.7 Å². The van der Waals surface area contributed by atoms with Gasteiger partial charge in [0.15, 0.2) is 0 Å². The zero-order chi connectivity index (χ0) is 33.1. The Morgan fingerprint density at radius 3 is 2.04 bits per heavy atom. The molecule has 1 atom stereocenters. The Labute approximate surface area is 271 Å². The SMILES string of the molecule is CCCCNC(=O)[C@@H](C)N(Cc1ccc(OC)cc1)C(=O)CN(c1ccc(Oc2ccccc2)cc1)S(=O)(=O)c1ccc(C)cc1. The van der Waals surface area contributed by atoms with Gasteiger partial charge in [0.05, 0.1) is 17.7 Å². The first-order valence-electron chi connectivity index (χ1n) is 15.2. The number of amides is 2. The van der Waals surface area contributed by atoms with E-state index in [0.717, 1.165) is 28.3 Å². The molecule has 2 amide bonds. The van der Waals surface area contributed by atoms with Crippen LogP contribution in [0, 0.1) is 6.92 Å². The first-order chi connectivity index (χ1) is 22.1. The van der Waals surface area contributed by atoms with Gasteiger partial charge >= 0.3 is 0 Å². The Morgan fingerprint density at radius 2 is 1.43 bits per heavy atom. The number of nitrogens with one attached hydrogen (secondary N) is 1. The van der Waals surface area contributed by atoms with Crippen LogP contribution in [0.1, 0.15) is 37.8 Å². The smallest absolute Gasteiger partial charge is 0.264 e. The minimum absolute atomic E-state index is 0.0440. The van der Waals surface area contributed by atoms with Crippen molar-refractivity contribution in [3.63, 3.8) is 0 Å². The molecule has 0 spiro atoms. The summed E-state index contributed by atoms with van der Waals surface area (Å²) in [6.45, 7) is 5.59. The average molecular weight is 644 g/mol. The number of benzene rings is 4. The number of nitrogens with zero attached hydrogens (tertiary/aromatic N) is 2. The second kappa shape index (κ2) is 15.9. The first-order valence-corrected chi connectivity index (χ1v) is 16.7. The fourth-order valence-electron chi connectivity index (χ4n) is 4.72. The van der Waals surface area contributed by atoms with Crippen molar-refractivity contribution >= 4 is 27.5 Å². The first kappa shape index (κ1) is 34.1. The van der Waals surface area contributed by atoms with Crippen LogP contribution in [-0.2, 0) is 26.2 Å². The Bertz CT molecular complexity index is 1680. The van der Waals surface area contributed by atoms with Crippen LogP contribution in [0.4, 0.5) is 5.69 Å². The fourth-order valence-corrected chi connectivity index (χ4v) is 6.13. The lowest BCUT2D eigenvalue weighted by molar-refractivity contribution is -0.139. The molecule has 0 unspecified atom stereocenters. The molecule has 0 saturated heterocycles. The molecule has 46 heavy (non-hydrogen) atoms. The largest absolute Gasteiger partial charge is 0.497 e. The monoisotopic (exact) mass is 643 g/mol. The summed E-state index contributed by atoms with van der Waals surface area (Å²) in [5.41, 5.74) is 1.94. The summed E-state index contributed by atoms with van der Waals surface area (Å²) in [6.07, 6.45) is 1.71. The molecule has 0 saturated carbocycles. The summed E-state index contributed by atoms with van der Waals surface area (Å²) in [4.78, 5) is 28.8. The Balaban J connectivity index is 1.68. The van der Waals surface area contributed by atoms with E-state index in [1.807, 2.05) is 56.3 Å². The highest BCUT2D eigenvalue weighted by Crippen LogP contribution is 2.29. The number of ether oxygens (including phenoxy) is 2. The van der Waals surface area contributed by atoms with Gasteiger partial charge in [-0.3, -0.25) is 13.9 Å². The van der Waals surface area contributed by atoms with E-state index in [-0.39, 0.29) is 23.0 Å². The molecule has 242 valence electrons. The topological polar surface area (TPSA) is 105 Å². The van der Waals surface area contributed by atoms with Gasteiger partial charge in [0.2, 0.25) is 11.8 Å². The Kier molecular flexibility index (Phi) is 11.8. The number of carbonyl (C=O) groups is 2. The van der Waals surface area contributed by atoms with Crippen LogP contribution in [0.3, 0.4) is 0 Å². The minimum atomic E-state index is -4.19. The van der Waals surface area contributed by atoms with Crippen molar-refractivity contribution < 1.29 is 27.5 Å². The van der Waals surface area contributed by atoms with Crippen LogP contribution in [0.15, 0.2) is 108 Å². The van der Waals surface area contributed by atoms with Gasteiger partial charge in [-0.05, 0) is 86.5 Å². The van der Waals surface area contributed by atoms with Gasteiger partial charge in [-0.25, -0.2) is 8.42 Å². The quantitative estimate of drug-likeness (QED) is 0.152. The van der Waals surface area contributed by atoms with Gasteiger partial charge in [-0.2, -0.15) is 0 Å². The summed E-state index contributed by atoms with van der Waals surface area (Å²) >= 11 is 0. The molecular weight excluding hydrogens is 602 g/mol. The Hall–Kier alpha value is -4.83. The molecule has 9 nitrogen and oxygen atoms in total. The third-order valence-electron chi connectivity index (χ3n) is 7.50. The number of carbonyl (C=O) groups excluding carboxylic acids is 2. The second-order valence-electron chi connectivity index (χ2n) is 10.9. The van der Waals surface area contributed by atoms with Gasteiger partial charge in [-0.15, -0.1) is 0 Å². The van der Waals surface area contributed by atoms with Crippen LogP contribution in [0.25, 0.3) is 0 Å². The lowest BCUT2D eigenvalue weighted by atomic mass is 10.1. The maximum Gasteiger partial charge on any atom is 0.264 e. The number of methoxy groups -OCH3 is 1. The van der Waals surface area contributed by atoms with E-state index in [1.54, 1.807) is 62.6 Å². The molecule has 1 N–H and O–H groups in total. The van der Waals surface area contributed by atoms with Crippen LogP contribution >= 0.6 is 0 Å². The number of hydrogen-bond acceptors (Lipinski definition) is 6. The van der Waals surface area contributed by atoms with Crippen LogP contribution in [0.5, 0.6) is 17.2 Å². The molecule has 0 radical (unpaired) electrons. The lowest BCUT2D eigenvalue weighted by Gasteiger charge is -2.32. The number of para-hydroxylation sites is 1. The fraction of sp³-hybridized carbons (Fsp3) is 0.278. The molecule has 4 aromatic rings. The maximum atomic E-state index is 14.2. The molecule has 0 aliphatic rings. The van der Waals surface area contributed by atoms with E-state index in [9.17, 15) is 18.0 Å². The number of rotatable bonds is 15. The average Bonchev–Trinajstić information content (AvgIpc) is 3.07. The van der Waals surface area contributed by atoms with Crippen molar-refractivity contribution in [2.45, 2.75) is 51.1 Å². The molecule has 4 aromatic carbocycles. The second-order valence-corrected chi connectivity index (χ2v) is 12.8. The summed E-state index contributed by atoms with van der Waals surface area (Å²) in [7, 11) is -2.62. The summed E-state index contributed by atoms with van der Waals surface area (Å²) in [5.74, 6) is 0.948. The number of unbranched alkanes of at least 4 members (excludes halogenated alkanes) is 1. The predicted octanol–water partition coefficient (Wildman–Crippen LogP) is 6.32. The maximum absolute atomic E-state index is 14.2. The van der Waals surface area contributed by atoms with Crippen LogP contribution < -0.4 is 19.1 Å². The normalized spacial score (nSPS) is 11.7. The molecule has 0 aliphatic heterocycles. The van der Waals surface area contributed by atoms with Gasteiger partial charge in [0.1, 0.15) is 29.8 Å². The molecule has 4 rings (SSSR count). The van der Waals surface area contributed by atoms with Gasteiger partial charge in [0.25, 0.3) is 10.0 Å². The summed E-state index contributed by atoms with van der Waals surface area (Å²) in [5, 5.41) is 2.90. The van der Waals surface area contributed by atoms with Crippen molar-refractivity contribution in [3.05, 3.63) is 114 Å². The molecule has 0 aliphatic carbocycles. The molecule has 0 heterocycles. The number of aryl methyl sites for hydroxylation is 1. The van der Waals surface area contributed by atoms with Crippen LogP contribution in [0.2, 0.25) is 0 Å². The highest BCUT2D eigenvalue weighted by molar-refractivity contribution is 7.92. The van der Waals surface area contributed by atoms with Crippen molar-refractivity contribution in [1.29, 1.82) is 0 Å². The van der Waals surface area contributed by atoms with Gasteiger partial charge in [-0.1, -0.05) is 61.4 Å². The molecule has 0 aromatic heterocycles. The highest BCUT2D eigenvalue weighted by Gasteiger charge is 2.32. The van der Waals surface area contributed by atoms with E-state index in [1.165, 1.54) is 17.0 Å². The molecule has 0 bridgehead atoms. The number of sulfonamides is 1. The third-order valence-corrected chi connectivity index (χ3v) is 9.29. The van der Waals surface area contributed by atoms with E-state index >= 15 is 0 Å². The zero-order valence-electron chi connectivity index (χ0n) is 26.7. The van der Waals surface area contributed by atoms with Crippen molar-refractivity contribution in [1.82, 2.24) is 10.2 Å². The van der Waals surface area contributed by atoms with Crippen LogP contribution in [-0.4, -0.2) is 51.4 Å². The van der Waals surface area contributed by atoms with Crippen molar-refractivity contribution in [2.24, 2.45) is 0 Å². The minimum Gasteiger partial charge on any atom is -0.497 e. The third kappa shape index (κ3) is 8.88. The highest BCUT2D eigenvalue weighted by atomic mass is 32.2. The van der Waals surface area contributed by atoms with E-state index in [4.69, 9.17) is 9.47 Å². The molecular formula is C36H41N3O6S. The van der Waals surface area contributed by atoms with Crippen molar-refractivity contribution in [2.75, 3.05) is 24.5 Å². The van der Waals surface area contributed by atoms with E-state index in [0.29, 0.717) is 23.8 Å². The number of hydrogen-bond donors (Lipinski definition) is 1. The van der Waals surface area contributed by atoms with E-state index < -0.39 is 28.5 Å². The standard InChI is InChI=1S/C36H41N3O6S/c1-5-6-24-37-36(41)28(3)38(25-29-14-18-31(44-4)19-15-29)35(40)26-39(46(42,43)34-22-12-27(2)13-23-34)30-16-20-33(21-17-30)45-32-10-8-7-9-11-32/h7-23,28H,5-6,24-26H2,1-4H3,(H,37,41)/t28-/m1/s1.